The molecule has 0 aromatic heterocycles. The lowest BCUT2D eigenvalue weighted by Gasteiger charge is -2.37. The van der Waals surface area contributed by atoms with Crippen LogP contribution in [0.15, 0.2) is 0 Å². The number of likely N-dealkylation sites (N-methyl/N-ethyl adjacent to an activating group) is 1. The van der Waals surface area contributed by atoms with Crippen molar-refractivity contribution in [3.63, 3.8) is 0 Å². The molecule has 0 aromatic rings. The van der Waals surface area contributed by atoms with Crippen molar-refractivity contribution in [2.24, 2.45) is 5.41 Å². The summed E-state index contributed by atoms with van der Waals surface area (Å²) >= 11 is 0. The SMILES string of the molecule is CC(C)(C)C(=O)OC1C[N+](C)(C)CCO1. The van der Waals surface area contributed by atoms with Crippen LogP contribution in [-0.2, 0) is 14.3 Å². The highest BCUT2D eigenvalue weighted by atomic mass is 16.7. The van der Waals surface area contributed by atoms with Gasteiger partial charge < -0.3 is 14.0 Å². The van der Waals surface area contributed by atoms with Gasteiger partial charge in [-0.3, -0.25) is 4.79 Å². The normalized spacial score (nSPS) is 26.1. The maximum absolute atomic E-state index is 11.6. The number of carbonyl (C=O) groups is 1. The molecule has 0 saturated carbocycles. The van der Waals surface area contributed by atoms with Gasteiger partial charge in [-0.1, -0.05) is 0 Å². The molecule has 1 fully saturated rings. The van der Waals surface area contributed by atoms with Crippen LogP contribution in [0, 0.1) is 5.41 Å². The fraction of sp³-hybridized carbons (Fsp3) is 0.909. The third-order valence-corrected chi connectivity index (χ3v) is 2.49. The van der Waals surface area contributed by atoms with Crippen LogP contribution in [0.5, 0.6) is 0 Å². The summed E-state index contributed by atoms with van der Waals surface area (Å²) in [6.45, 7) is 7.87. The number of quaternary nitrogens is 1. The number of morpholine rings is 1. The molecule has 1 unspecified atom stereocenters. The third kappa shape index (κ3) is 3.80. The fourth-order valence-corrected chi connectivity index (χ4v) is 1.35. The van der Waals surface area contributed by atoms with Gasteiger partial charge in [0.2, 0.25) is 0 Å². The molecule has 1 atom stereocenters. The molecule has 0 aliphatic carbocycles. The van der Waals surface area contributed by atoms with Crippen LogP contribution < -0.4 is 0 Å². The lowest BCUT2D eigenvalue weighted by molar-refractivity contribution is -0.905. The summed E-state index contributed by atoms with van der Waals surface area (Å²) in [6, 6.07) is 0. The zero-order valence-electron chi connectivity index (χ0n) is 10.4. The number of rotatable bonds is 1. The second-order valence-corrected chi connectivity index (χ2v) is 5.80. The molecule has 0 bridgehead atoms. The van der Waals surface area contributed by atoms with Crippen molar-refractivity contribution in [2.45, 2.75) is 27.1 Å². The van der Waals surface area contributed by atoms with Gasteiger partial charge in [-0.05, 0) is 20.8 Å². The summed E-state index contributed by atoms with van der Waals surface area (Å²) in [5.41, 5.74) is -0.460. The van der Waals surface area contributed by atoms with Gasteiger partial charge in [-0.25, -0.2) is 0 Å². The zero-order chi connectivity index (χ0) is 11.7. The number of carbonyl (C=O) groups excluding carboxylic acids is 1. The summed E-state index contributed by atoms with van der Waals surface area (Å²) in [6.07, 6.45) is -0.388. The number of nitrogens with zero attached hydrogens (tertiary/aromatic N) is 1. The summed E-state index contributed by atoms with van der Waals surface area (Å²) < 4.78 is 11.6. The predicted molar refractivity (Wildman–Crippen MR) is 57.1 cm³/mol. The second-order valence-electron chi connectivity index (χ2n) is 5.80. The standard InChI is InChI=1S/C11H22NO3/c1-11(2,3)10(13)15-9-8-12(4,5)6-7-14-9/h9H,6-8H2,1-5H3/q+1. The van der Waals surface area contributed by atoms with Crippen molar-refractivity contribution in [2.75, 3.05) is 33.8 Å². The van der Waals surface area contributed by atoms with E-state index < -0.39 is 5.41 Å². The van der Waals surface area contributed by atoms with E-state index in [9.17, 15) is 4.79 Å². The van der Waals surface area contributed by atoms with Crippen molar-refractivity contribution in [1.29, 1.82) is 0 Å². The van der Waals surface area contributed by atoms with Crippen molar-refractivity contribution < 1.29 is 18.8 Å². The van der Waals surface area contributed by atoms with Crippen molar-refractivity contribution >= 4 is 5.97 Å². The fourth-order valence-electron chi connectivity index (χ4n) is 1.35. The highest BCUT2D eigenvalue weighted by molar-refractivity contribution is 5.75. The smallest absolute Gasteiger partial charge is 0.313 e. The Kier molecular flexibility index (Phi) is 3.41. The van der Waals surface area contributed by atoms with E-state index >= 15 is 0 Å². The molecule has 0 N–H and O–H groups in total. The van der Waals surface area contributed by atoms with E-state index in [1.54, 1.807) is 0 Å². The van der Waals surface area contributed by atoms with Gasteiger partial charge in [0, 0.05) is 0 Å². The monoisotopic (exact) mass is 216 g/mol. The van der Waals surface area contributed by atoms with Crippen molar-refractivity contribution in [3.8, 4) is 0 Å². The summed E-state index contributed by atoms with van der Waals surface area (Å²) in [4.78, 5) is 11.6. The van der Waals surface area contributed by atoms with E-state index in [1.165, 1.54) is 0 Å². The van der Waals surface area contributed by atoms with Crippen LogP contribution >= 0.6 is 0 Å². The predicted octanol–water partition coefficient (Wildman–Crippen LogP) is 1.01. The molecule has 4 heteroatoms. The Morgan fingerprint density at radius 1 is 1.40 bits per heavy atom. The molecule has 1 rings (SSSR count). The van der Waals surface area contributed by atoms with Gasteiger partial charge in [0.1, 0.15) is 19.7 Å². The quantitative estimate of drug-likeness (QED) is 0.485. The first-order chi connectivity index (χ1) is 6.71. The van der Waals surface area contributed by atoms with Crippen LogP contribution in [0.4, 0.5) is 0 Å². The molecule has 0 aromatic carbocycles. The van der Waals surface area contributed by atoms with E-state index in [-0.39, 0.29) is 12.3 Å². The molecule has 1 aliphatic rings. The number of ether oxygens (including phenoxy) is 2. The van der Waals surface area contributed by atoms with Crippen LogP contribution in [0.2, 0.25) is 0 Å². The molecule has 0 spiro atoms. The summed E-state index contributed by atoms with van der Waals surface area (Å²) in [5.74, 6) is -0.200. The highest BCUT2D eigenvalue weighted by Crippen LogP contribution is 2.19. The van der Waals surface area contributed by atoms with Crippen molar-refractivity contribution in [1.82, 2.24) is 0 Å². The van der Waals surface area contributed by atoms with Crippen LogP contribution in [0.25, 0.3) is 0 Å². The molecule has 0 radical (unpaired) electrons. The van der Waals surface area contributed by atoms with Gasteiger partial charge in [-0.15, -0.1) is 0 Å². The molecule has 1 heterocycles. The Balaban J connectivity index is 2.49. The van der Waals surface area contributed by atoms with Crippen LogP contribution in [0.1, 0.15) is 20.8 Å². The number of esters is 1. The molecule has 1 saturated heterocycles. The first-order valence-corrected chi connectivity index (χ1v) is 5.35. The average Bonchev–Trinajstić information content (AvgIpc) is 2.00. The Bertz CT molecular complexity index is 243. The Morgan fingerprint density at radius 2 is 2.00 bits per heavy atom. The van der Waals surface area contributed by atoms with Gasteiger partial charge in [-0.2, -0.15) is 0 Å². The first-order valence-electron chi connectivity index (χ1n) is 5.35. The van der Waals surface area contributed by atoms with E-state index in [0.717, 1.165) is 17.6 Å². The first kappa shape index (κ1) is 12.5. The maximum Gasteiger partial charge on any atom is 0.313 e. The molecule has 88 valence electrons. The Labute approximate surface area is 91.7 Å². The minimum Gasteiger partial charge on any atom is -0.429 e. The summed E-state index contributed by atoms with van der Waals surface area (Å²) in [5, 5.41) is 0. The maximum atomic E-state index is 11.6. The zero-order valence-corrected chi connectivity index (χ0v) is 10.4. The average molecular weight is 216 g/mol. The molecule has 4 nitrogen and oxygen atoms in total. The lowest BCUT2D eigenvalue weighted by atomic mass is 9.97. The van der Waals surface area contributed by atoms with Gasteiger partial charge >= 0.3 is 5.97 Å². The molecule has 0 amide bonds. The summed E-state index contributed by atoms with van der Waals surface area (Å²) in [7, 11) is 4.22. The van der Waals surface area contributed by atoms with Crippen LogP contribution in [-0.4, -0.2) is 50.5 Å². The van der Waals surface area contributed by atoms with Gasteiger partial charge in [0.05, 0.1) is 19.5 Å². The Hall–Kier alpha value is -0.610. The second kappa shape index (κ2) is 4.10. The highest BCUT2D eigenvalue weighted by Gasteiger charge is 2.33. The minimum absolute atomic E-state index is 0.200. The molecule has 1 aliphatic heterocycles. The van der Waals surface area contributed by atoms with E-state index in [0.29, 0.717) is 6.61 Å². The van der Waals surface area contributed by atoms with E-state index in [1.807, 2.05) is 20.8 Å². The lowest BCUT2D eigenvalue weighted by Crippen LogP contribution is -2.54. The van der Waals surface area contributed by atoms with Crippen LogP contribution in [0.3, 0.4) is 0 Å². The topological polar surface area (TPSA) is 35.5 Å². The minimum atomic E-state index is -0.460. The van der Waals surface area contributed by atoms with Gasteiger partial charge in [0.15, 0.2) is 0 Å². The Morgan fingerprint density at radius 3 is 2.47 bits per heavy atom. The van der Waals surface area contributed by atoms with E-state index in [2.05, 4.69) is 14.1 Å². The van der Waals surface area contributed by atoms with Gasteiger partial charge in [0.25, 0.3) is 6.29 Å². The third-order valence-electron chi connectivity index (χ3n) is 2.49. The van der Waals surface area contributed by atoms with E-state index in [4.69, 9.17) is 9.47 Å². The largest absolute Gasteiger partial charge is 0.429 e. The molecular weight excluding hydrogens is 194 g/mol. The number of hydrogen-bond acceptors (Lipinski definition) is 3. The molecular formula is C11H22NO3+. The molecule has 15 heavy (non-hydrogen) atoms. The van der Waals surface area contributed by atoms with Crippen molar-refractivity contribution in [3.05, 3.63) is 0 Å². The number of hydrogen-bond donors (Lipinski definition) is 0.